The van der Waals surface area contributed by atoms with Gasteiger partial charge in [-0.1, -0.05) is 36.4 Å². The molecule has 3 aliphatic heterocycles. The smallest absolute Gasteiger partial charge is 0.225 e. The van der Waals surface area contributed by atoms with E-state index in [1.165, 1.54) is 141 Å². The van der Waals surface area contributed by atoms with E-state index in [0.717, 1.165) is 35.2 Å². The van der Waals surface area contributed by atoms with Gasteiger partial charge in [-0.3, -0.25) is 14.0 Å². The quantitative estimate of drug-likeness (QED) is 0.0880. The highest BCUT2D eigenvalue weighted by Gasteiger charge is 2.32. The Morgan fingerprint density at radius 1 is 0.324 bits per heavy atom. The average Bonchev–Trinajstić information content (AvgIpc) is 1.69. The Morgan fingerprint density at radius 2 is 0.586 bits per heavy atom. The van der Waals surface area contributed by atoms with Gasteiger partial charge in [-0.05, 0) is 92.1 Å². The lowest BCUT2D eigenvalue weighted by Gasteiger charge is -2.35. The Balaban J connectivity index is 0.000000142. The lowest BCUT2D eigenvalue weighted by Crippen LogP contribution is -2.47. The topological polar surface area (TPSA) is 319 Å². The van der Waals surface area contributed by atoms with Gasteiger partial charge in [0.2, 0.25) is 17.8 Å². The molecule has 15 heterocycles. The molecule has 3 fully saturated rings. The summed E-state index contributed by atoms with van der Waals surface area (Å²) in [7, 11) is 1.81. The molecule has 3 saturated heterocycles. The highest BCUT2D eigenvalue weighted by atomic mass is 19.1. The second kappa shape index (κ2) is 29.8. The number of rotatable bonds is 15. The van der Waals surface area contributed by atoms with E-state index in [0.29, 0.717) is 72.2 Å². The lowest BCUT2D eigenvalue weighted by atomic mass is 9.87. The molecular weight excluding hydrogens is 1410 g/mol. The summed E-state index contributed by atoms with van der Waals surface area (Å²) in [5.74, 6) is -0.613. The average molecular weight is 1510 g/mol. The van der Waals surface area contributed by atoms with Crippen molar-refractivity contribution < 1.29 is 37.8 Å². The van der Waals surface area contributed by atoms with Crippen molar-refractivity contribution in [3.63, 3.8) is 0 Å². The third-order valence-electron chi connectivity index (χ3n) is 19.1. The summed E-state index contributed by atoms with van der Waals surface area (Å²) in [4.78, 5) is 46.4. The van der Waals surface area contributed by atoms with Crippen LogP contribution in [0.5, 0.6) is 0 Å². The number of hydrogen-bond acceptors (Lipinski definition) is 24. The van der Waals surface area contributed by atoms with Crippen molar-refractivity contribution >= 4 is 51.8 Å². The van der Waals surface area contributed by atoms with Gasteiger partial charge in [0.25, 0.3) is 0 Å². The minimum absolute atomic E-state index is 0.0126. The molecule has 3 aliphatic rings. The molecule has 111 heavy (non-hydrogen) atoms. The Hall–Kier alpha value is -13.1. The van der Waals surface area contributed by atoms with Gasteiger partial charge in [-0.15, -0.1) is 0 Å². The SMILES string of the molecule is [2H]C1([2H])CN(c2ncc([C@](C)(N)c3ccc(F)cc3)cn2)CC([2H])([2H])N1c1ncnn2cc(-c3cnn(C([2H])([2H])[2H])c3)cc12.[2H]C1([2H])CN(c2ncc([C@](C)(N)c3ccc(F)cc3)cn2)CC([2H])([2H])N1c1ncnn2cc(-c3cnn(C([2H])([2H])[2H])c3)cc12.[2H]C1([2H])CN(c2ncc([C@](C)(N)c3ccc(F)cc3)cn2)CC([2H])([2H])N1c1ncnn2cc(-c3cnn(C)c3)cc12. The van der Waals surface area contributed by atoms with Crippen molar-refractivity contribution in [2.45, 2.75) is 37.4 Å². The van der Waals surface area contributed by atoms with Crippen molar-refractivity contribution in [1.29, 1.82) is 0 Å². The maximum Gasteiger partial charge on any atom is 0.225 e. The second-order valence-electron chi connectivity index (χ2n) is 26.6. The summed E-state index contributed by atoms with van der Waals surface area (Å²) in [6.45, 7) is -14.8. The van der Waals surface area contributed by atoms with E-state index in [1.54, 1.807) is 109 Å². The van der Waals surface area contributed by atoms with Crippen LogP contribution < -0.4 is 46.6 Å². The second-order valence-corrected chi connectivity index (χ2v) is 26.6. The monoisotopic (exact) mass is 1510 g/mol. The van der Waals surface area contributed by atoms with Crippen LogP contribution in [0.25, 0.3) is 49.9 Å². The van der Waals surface area contributed by atoms with E-state index in [4.69, 9.17) is 41.9 Å². The highest BCUT2D eigenvalue weighted by Crippen LogP contribution is 2.35. The molecule has 0 amide bonds. The Labute approximate surface area is 661 Å². The van der Waals surface area contributed by atoms with Crippen molar-refractivity contribution in [2.75, 3.05) is 108 Å². The van der Waals surface area contributed by atoms with E-state index in [1.807, 2.05) is 13.2 Å². The van der Waals surface area contributed by atoms with Gasteiger partial charge < -0.3 is 46.6 Å². The predicted octanol–water partition coefficient (Wildman–Crippen LogP) is 7.82. The fourth-order valence-electron chi connectivity index (χ4n) is 12.5. The van der Waals surface area contributed by atoms with Crippen LogP contribution in [0.15, 0.2) is 203 Å². The number of piperazine rings is 3. The number of aryl methyl sites for hydroxylation is 3. The molecule has 0 bridgehead atoms. The zero-order valence-corrected chi connectivity index (χ0v) is 59.7. The van der Waals surface area contributed by atoms with Crippen LogP contribution in [-0.2, 0) is 37.6 Å². The fourth-order valence-corrected chi connectivity index (χ4v) is 12.5. The number of nitrogens with two attached hydrogens (primary N) is 3. The van der Waals surface area contributed by atoms with Crippen LogP contribution in [0.2, 0.25) is 0 Å². The van der Waals surface area contributed by atoms with Crippen LogP contribution in [0.3, 0.4) is 0 Å². The van der Waals surface area contributed by atoms with Crippen molar-refractivity contribution in [2.24, 2.45) is 38.2 Å². The summed E-state index contributed by atoms with van der Waals surface area (Å²) in [5.41, 5.74) is 24.9. The number of fused-ring (bicyclic) bond motifs is 3. The Bertz CT molecular complexity index is 6280. The summed E-state index contributed by atoms with van der Waals surface area (Å²) >= 11 is 0. The first-order valence-corrected chi connectivity index (χ1v) is 34.4. The van der Waals surface area contributed by atoms with Crippen LogP contribution in [-0.4, -0.2) is 181 Å². The lowest BCUT2D eigenvalue weighted by molar-refractivity contribution is 0.585. The molecule has 6 N–H and O–H groups in total. The first-order chi connectivity index (χ1) is 60.5. The van der Waals surface area contributed by atoms with Crippen molar-refractivity contribution in [3.8, 4) is 33.4 Å². The van der Waals surface area contributed by atoms with Gasteiger partial charge in [0.05, 0.1) is 51.7 Å². The standard InChI is InChI=1S/3C26H27FN10/c3*1-26(28,20-3-5-22(27)6-4-20)21-13-29-25(30-14-21)36-9-7-35(8-10-36)24-23-11-18(16-37(23)33-17-31-24)19-12-32-34(2)15-19/h3*3-6,11-17H,7-10,28H2,1-2H3/t3*26-/m111/s1/i2*2D3,7D2,8D2;7D2,8D2. The molecule has 33 heteroatoms. The summed E-state index contributed by atoms with van der Waals surface area (Å²) in [5, 5.41) is 24.6. The maximum atomic E-state index is 13.4. The van der Waals surface area contributed by atoms with Crippen LogP contribution in [0.1, 0.15) is 78.8 Å². The largest absolute Gasteiger partial charge is 0.351 e. The van der Waals surface area contributed by atoms with E-state index in [2.05, 4.69) is 75.4 Å². The van der Waals surface area contributed by atoms with Gasteiger partial charge in [0, 0.05) is 232 Å². The zero-order chi connectivity index (χ0) is 92.5. The third kappa shape index (κ3) is 14.9. The number of hydrogen-bond donors (Lipinski definition) is 3. The number of aromatic nitrogens is 21. The molecular formula is C78H81F3N30. The molecule has 564 valence electrons. The molecule has 0 unspecified atom stereocenters. The molecule has 0 spiro atoms. The summed E-state index contributed by atoms with van der Waals surface area (Å²) in [6, 6.07) is 22.5. The molecule has 0 aliphatic carbocycles. The normalized spacial score (nSPS) is 21.1. The molecule has 0 saturated carbocycles. The number of halogens is 3. The maximum absolute atomic E-state index is 13.4. The van der Waals surface area contributed by atoms with E-state index < -0.39 is 69.5 Å². The number of anilines is 6. The Morgan fingerprint density at radius 3 is 0.838 bits per heavy atom. The number of benzene rings is 3. The summed E-state index contributed by atoms with van der Waals surface area (Å²) in [6.07, 6.45) is 26.7. The molecule has 0 radical (unpaired) electrons. The predicted molar refractivity (Wildman–Crippen MR) is 416 cm³/mol. The van der Waals surface area contributed by atoms with Crippen LogP contribution in [0.4, 0.5) is 48.5 Å². The van der Waals surface area contributed by atoms with Gasteiger partial charge in [-0.25, -0.2) is 71.6 Å². The molecule has 15 aromatic rings. The number of nitrogens with zero attached hydrogens (tertiary/aromatic N) is 27. The van der Waals surface area contributed by atoms with E-state index in [9.17, 15) is 13.2 Å². The zero-order valence-electron chi connectivity index (χ0n) is 77.7. The summed E-state index contributed by atoms with van der Waals surface area (Å²) < 4.78 is 200. The highest BCUT2D eigenvalue weighted by molar-refractivity contribution is 5.80. The van der Waals surface area contributed by atoms with E-state index >= 15 is 0 Å². The van der Waals surface area contributed by atoms with Crippen LogP contribution in [0, 0.1) is 17.5 Å². The minimum atomic E-state index is -2.45. The minimum Gasteiger partial charge on any atom is -0.351 e. The fraction of sp³-hybridized carbons (Fsp3) is 0.269. The third-order valence-corrected chi connectivity index (χ3v) is 19.1. The van der Waals surface area contributed by atoms with Crippen LogP contribution >= 0.6 is 0 Å². The van der Waals surface area contributed by atoms with Gasteiger partial charge in [0.15, 0.2) is 17.5 Å². The molecule has 18 rings (SSSR count). The van der Waals surface area contributed by atoms with Gasteiger partial charge in [-0.2, -0.15) is 30.6 Å². The Kier molecular flexibility index (Phi) is 14.4. The molecule has 3 atom stereocenters. The van der Waals surface area contributed by atoms with Crippen molar-refractivity contribution in [1.82, 2.24) is 103 Å². The molecule has 12 aromatic heterocycles. The molecule has 3 aromatic carbocycles. The van der Waals surface area contributed by atoms with Gasteiger partial charge in [0.1, 0.15) is 53.0 Å². The first kappa shape index (κ1) is 53.6. The molecule has 30 nitrogen and oxygen atoms in total. The van der Waals surface area contributed by atoms with Gasteiger partial charge >= 0.3 is 0 Å². The van der Waals surface area contributed by atoms with E-state index in [-0.39, 0.29) is 92.0 Å². The van der Waals surface area contributed by atoms with Crippen molar-refractivity contribution in [3.05, 3.63) is 254 Å². The first-order valence-electron chi connectivity index (χ1n) is 43.4.